The summed E-state index contributed by atoms with van der Waals surface area (Å²) < 4.78 is 0. The molecular formula is C17H22N2. The first-order valence-corrected chi connectivity index (χ1v) is 7.30. The summed E-state index contributed by atoms with van der Waals surface area (Å²) in [6.07, 6.45) is 4.89. The molecule has 1 fully saturated rings. The van der Waals surface area contributed by atoms with Crippen LogP contribution in [0.2, 0.25) is 0 Å². The predicted molar refractivity (Wildman–Crippen MR) is 82.4 cm³/mol. The molecule has 2 aromatic carbocycles. The molecular weight excluding hydrogens is 232 g/mol. The maximum atomic E-state index is 5.96. The zero-order valence-electron chi connectivity index (χ0n) is 11.3. The number of hydrogen-bond donors (Lipinski definition) is 2. The van der Waals surface area contributed by atoms with E-state index in [-0.39, 0.29) is 0 Å². The highest BCUT2D eigenvalue weighted by molar-refractivity contribution is 5.93. The first-order chi connectivity index (χ1) is 9.33. The molecule has 0 aromatic heterocycles. The van der Waals surface area contributed by atoms with E-state index in [2.05, 4.69) is 47.8 Å². The summed E-state index contributed by atoms with van der Waals surface area (Å²) >= 11 is 0. The van der Waals surface area contributed by atoms with E-state index >= 15 is 0 Å². The average Bonchev–Trinajstić information content (AvgIpc) is 2.47. The van der Waals surface area contributed by atoms with Crippen LogP contribution in [0.3, 0.4) is 0 Å². The standard InChI is InChI=1S/C17H22N2/c18-15-10-8-13(9-11-15)12-19-17-7-3-5-14-4-1-2-6-16(14)17/h1-7,13,15,19H,8-12,18H2. The Morgan fingerprint density at radius 1 is 0.947 bits per heavy atom. The van der Waals surface area contributed by atoms with E-state index in [0.29, 0.717) is 6.04 Å². The van der Waals surface area contributed by atoms with Crippen molar-refractivity contribution in [3.8, 4) is 0 Å². The van der Waals surface area contributed by atoms with E-state index in [9.17, 15) is 0 Å². The fourth-order valence-corrected chi connectivity index (χ4v) is 3.03. The van der Waals surface area contributed by atoms with Gasteiger partial charge in [0.05, 0.1) is 0 Å². The quantitative estimate of drug-likeness (QED) is 0.875. The van der Waals surface area contributed by atoms with E-state index < -0.39 is 0 Å². The van der Waals surface area contributed by atoms with Crippen LogP contribution in [0.25, 0.3) is 10.8 Å². The van der Waals surface area contributed by atoms with Crippen molar-refractivity contribution in [1.82, 2.24) is 0 Å². The fraction of sp³-hybridized carbons (Fsp3) is 0.412. The van der Waals surface area contributed by atoms with Crippen molar-refractivity contribution in [1.29, 1.82) is 0 Å². The molecule has 1 saturated carbocycles. The first kappa shape index (κ1) is 12.5. The van der Waals surface area contributed by atoms with Gasteiger partial charge in [0, 0.05) is 23.7 Å². The van der Waals surface area contributed by atoms with Crippen LogP contribution < -0.4 is 11.1 Å². The third kappa shape index (κ3) is 2.90. The predicted octanol–water partition coefficient (Wildman–Crippen LogP) is 3.77. The number of anilines is 1. The molecule has 2 nitrogen and oxygen atoms in total. The Morgan fingerprint density at radius 3 is 2.53 bits per heavy atom. The van der Waals surface area contributed by atoms with Crippen molar-refractivity contribution >= 4 is 16.5 Å². The van der Waals surface area contributed by atoms with Gasteiger partial charge in [-0.3, -0.25) is 0 Å². The smallest absolute Gasteiger partial charge is 0.0419 e. The number of fused-ring (bicyclic) bond motifs is 1. The molecule has 3 N–H and O–H groups in total. The first-order valence-electron chi connectivity index (χ1n) is 7.30. The highest BCUT2D eigenvalue weighted by atomic mass is 14.9. The number of benzene rings is 2. The molecule has 0 aliphatic heterocycles. The fourth-order valence-electron chi connectivity index (χ4n) is 3.03. The monoisotopic (exact) mass is 254 g/mol. The van der Waals surface area contributed by atoms with Gasteiger partial charge in [0.1, 0.15) is 0 Å². The molecule has 1 aliphatic rings. The van der Waals surface area contributed by atoms with Crippen LogP contribution in [0.4, 0.5) is 5.69 Å². The summed E-state index contributed by atoms with van der Waals surface area (Å²) in [7, 11) is 0. The summed E-state index contributed by atoms with van der Waals surface area (Å²) in [5.74, 6) is 0.777. The van der Waals surface area contributed by atoms with Crippen LogP contribution in [-0.4, -0.2) is 12.6 Å². The Hall–Kier alpha value is -1.54. The zero-order chi connectivity index (χ0) is 13.1. The maximum absolute atomic E-state index is 5.96. The molecule has 2 heteroatoms. The van der Waals surface area contributed by atoms with Crippen molar-refractivity contribution < 1.29 is 0 Å². The van der Waals surface area contributed by atoms with Gasteiger partial charge in [-0.05, 0) is 43.1 Å². The normalized spacial score (nSPS) is 23.4. The zero-order valence-corrected chi connectivity index (χ0v) is 11.3. The number of hydrogen-bond acceptors (Lipinski definition) is 2. The van der Waals surface area contributed by atoms with Crippen LogP contribution >= 0.6 is 0 Å². The van der Waals surface area contributed by atoms with Crippen LogP contribution in [0.15, 0.2) is 42.5 Å². The van der Waals surface area contributed by atoms with Gasteiger partial charge in [-0.2, -0.15) is 0 Å². The molecule has 2 aromatic rings. The lowest BCUT2D eigenvalue weighted by Crippen LogP contribution is -2.29. The molecule has 100 valence electrons. The molecule has 0 unspecified atom stereocenters. The molecule has 0 saturated heterocycles. The number of nitrogens with two attached hydrogens (primary N) is 1. The third-order valence-electron chi connectivity index (χ3n) is 4.26. The van der Waals surface area contributed by atoms with Gasteiger partial charge in [0.2, 0.25) is 0 Å². The molecule has 0 amide bonds. The van der Waals surface area contributed by atoms with Gasteiger partial charge in [-0.15, -0.1) is 0 Å². The largest absolute Gasteiger partial charge is 0.384 e. The highest BCUT2D eigenvalue weighted by Crippen LogP contribution is 2.26. The summed E-state index contributed by atoms with van der Waals surface area (Å²) in [6.45, 7) is 1.07. The molecule has 0 atom stereocenters. The Kier molecular flexibility index (Phi) is 3.69. The summed E-state index contributed by atoms with van der Waals surface area (Å²) in [5.41, 5.74) is 7.22. The minimum Gasteiger partial charge on any atom is -0.384 e. The van der Waals surface area contributed by atoms with Crippen molar-refractivity contribution in [3.63, 3.8) is 0 Å². The number of nitrogens with one attached hydrogen (secondary N) is 1. The minimum atomic E-state index is 0.439. The molecule has 1 aliphatic carbocycles. The lowest BCUT2D eigenvalue weighted by atomic mass is 9.86. The van der Waals surface area contributed by atoms with Gasteiger partial charge in [0.15, 0.2) is 0 Å². The second-order valence-corrected chi connectivity index (χ2v) is 5.69. The Morgan fingerprint density at radius 2 is 1.68 bits per heavy atom. The lowest BCUT2D eigenvalue weighted by Gasteiger charge is -2.26. The Balaban J connectivity index is 1.68. The molecule has 0 radical (unpaired) electrons. The topological polar surface area (TPSA) is 38.0 Å². The van der Waals surface area contributed by atoms with Gasteiger partial charge in [0.25, 0.3) is 0 Å². The lowest BCUT2D eigenvalue weighted by molar-refractivity contribution is 0.339. The SMILES string of the molecule is NC1CCC(CNc2cccc3ccccc23)CC1. The van der Waals surface area contributed by atoms with E-state index in [1.54, 1.807) is 0 Å². The maximum Gasteiger partial charge on any atom is 0.0419 e. The second-order valence-electron chi connectivity index (χ2n) is 5.69. The van der Waals surface area contributed by atoms with Crippen molar-refractivity contribution in [2.75, 3.05) is 11.9 Å². The van der Waals surface area contributed by atoms with Gasteiger partial charge in [-0.1, -0.05) is 36.4 Å². The Labute approximate surface area is 115 Å². The van der Waals surface area contributed by atoms with E-state index in [4.69, 9.17) is 5.73 Å². The highest BCUT2D eigenvalue weighted by Gasteiger charge is 2.18. The van der Waals surface area contributed by atoms with Gasteiger partial charge in [-0.25, -0.2) is 0 Å². The van der Waals surface area contributed by atoms with Gasteiger partial charge < -0.3 is 11.1 Å². The van der Waals surface area contributed by atoms with Crippen molar-refractivity contribution in [3.05, 3.63) is 42.5 Å². The van der Waals surface area contributed by atoms with Crippen LogP contribution in [0, 0.1) is 5.92 Å². The summed E-state index contributed by atoms with van der Waals surface area (Å²) in [6, 6.07) is 15.5. The minimum absolute atomic E-state index is 0.439. The van der Waals surface area contributed by atoms with Crippen molar-refractivity contribution in [2.24, 2.45) is 11.7 Å². The van der Waals surface area contributed by atoms with E-state index in [1.807, 2.05) is 0 Å². The van der Waals surface area contributed by atoms with E-state index in [1.165, 1.54) is 42.1 Å². The summed E-state index contributed by atoms with van der Waals surface area (Å²) in [5, 5.41) is 6.25. The third-order valence-corrected chi connectivity index (χ3v) is 4.26. The van der Waals surface area contributed by atoms with Crippen LogP contribution in [0.1, 0.15) is 25.7 Å². The van der Waals surface area contributed by atoms with E-state index in [0.717, 1.165) is 12.5 Å². The second kappa shape index (κ2) is 5.62. The van der Waals surface area contributed by atoms with Crippen molar-refractivity contribution in [2.45, 2.75) is 31.7 Å². The molecule has 0 heterocycles. The average molecular weight is 254 g/mol. The molecule has 0 spiro atoms. The molecule has 3 rings (SSSR count). The van der Waals surface area contributed by atoms with Crippen LogP contribution in [-0.2, 0) is 0 Å². The summed E-state index contributed by atoms with van der Waals surface area (Å²) in [4.78, 5) is 0. The number of rotatable bonds is 3. The van der Waals surface area contributed by atoms with Crippen LogP contribution in [0.5, 0.6) is 0 Å². The Bertz CT molecular complexity index is 536. The van der Waals surface area contributed by atoms with Gasteiger partial charge >= 0.3 is 0 Å². The molecule has 19 heavy (non-hydrogen) atoms. The molecule has 0 bridgehead atoms.